The van der Waals surface area contributed by atoms with Crippen LogP contribution < -0.4 is 21.3 Å². The maximum atomic E-state index is 6.12. The van der Waals surface area contributed by atoms with Crippen molar-refractivity contribution in [2.24, 2.45) is 0 Å². The molecule has 0 saturated carbocycles. The molecule has 0 unspecified atom stereocenters. The van der Waals surface area contributed by atoms with E-state index < -0.39 is 5.41 Å². The number of furan rings is 3. The second-order valence-corrected chi connectivity index (χ2v) is 39.7. The van der Waals surface area contributed by atoms with Crippen LogP contribution in [0.4, 0.5) is 45.5 Å². The summed E-state index contributed by atoms with van der Waals surface area (Å²) in [7, 11) is 0. The van der Waals surface area contributed by atoms with Gasteiger partial charge < -0.3 is 34.5 Å². The van der Waals surface area contributed by atoms with E-state index in [9.17, 15) is 0 Å². The molecule has 29 rings (SSSR count). The van der Waals surface area contributed by atoms with Crippen molar-refractivity contribution in [3.63, 3.8) is 0 Å². The number of nitrogens with one attached hydrogen (secondary N) is 4. The van der Waals surface area contributed by atoms with Crippen LogP contribution in [0.2, 0.25) is 0 Å². The zero-order valence-corrected chi connectivity index (χ0v) is 82.1. The number of benzene rings is 23. The third-order valence-corrected chi connectivity index (χ3v) is 30.8. The van der Waals surface area contributed by atoms with Crippen LogP contribution in [0.3, 0.4) is 0 Å². The Labute approximate surface area is 864 Å². The SMILES string of the molecule is c1ccc(-c2ccc(Nc3ccc(-c4ccc5oc6ccccc6c5c4)cc3)cc2)cc1.c1ccc(-c2cccc(Nc3ccc(-c4ccc5sc6ccccc6c5c4)cc3)c2)cc1.c1ccc(C2(c3cccc(Nc4ccc(-c5ccc6oc7ccccc7c6c5)cc4)c3)c3ccccc3-c3ccccc32)cc1.c1ccc(Nc2ccc(-c3ccc4sc5ccccc5c4c3)cc2-c2ccc3oc4ccccc4c3c2)cc1. The molecule has 0 bridgehead atoms. The lowest BCUT2D eigenvalue weighted by atomic mass is 9.67. The molecule has 28 aromatic rings. The van der Waals surface area contributed by atoms with Crippen molar-refractivity contribution < 1.29 is 13.3 Å². The molecule has 23 aromatic carbocycles. The van der Waals surface area contributed by atoms with Gasteiger partial charge in [0.15, 0.2) is 0 Å². The number of thiophene rings is 2. The van der Waals surface area contributed by atoms with Gasteiger partial charge in [-0.25, -0.2) is 0 Å². The van der Waals surface area contributed by atoms with Gasteiger partial charge in [-0.05, 0) is 294 Å². The Kier molecular flexibility index (Phi) is 23.6. The first-order valence-electron chi connectivity index (χ1n) is 50.1. The quantitative estimate of drug-likeness (QED) is 0.0722. The van der Waals surface area contributed by atoms with Crippen molar-refractivity contribution >= 4 is 174 Å². The summed E-state index contributed by atoms with van der Waals surface area (Å²) in [5, 5.41) is 26.6. The van der Waals surface area contributed by atoms with Crippen molar-refractivity contribution in [3.8, 4) is 89.0 Å². The van der Waals surface area contributed by atoms with Gasteiger partial charge in [0.2, 0.25) is 0 Å². The number of rotatable bonds is 17. The third kappa shape index (κ3) is 17.5. The predicted octanol–water partition coefficient (Wildman–Crippen LogP) is 40.2. The van der Waals surface area contributed by atoms with E-state index in [-0.39, 0.29) is 0 Å². The Hall–Kier alpha value is -18.9. The van der Waals surface area contributed by atoms with Crippen molar-refractivity contribution in [1.29, 1.82) is 0 Å². The van der Waals surface area contributed by atoms with Crippen LogP contribution in [0.25, 0.3) is 195 Å². The summed E-state index contributed by atoms with van der Waals surface area (Å²) in [5.74, 6) is 0. The molecule has 0 spiro atoms. The van der Waals surface area contributed by atoms with Gasteiger partial charge in [-0.3, -0.25) is 0 Å². The number of hydrogen-bond donors (Lipinski definition) is 4. The molecule has 5 aromatic heterocycles. The van der Waals surface area contributed by atoms with E-state index >= 15 is 0 Å². The fourth-order valence-corrected chi connectivity index (χ4v) is 23.5. The molecule has 7 nitrogen and oxygen atoms in total. The Morgan fingerprint density at radius 3 is 0.912 bits per heavy atom. The molecule has 1 aliphatic carbocycles. The summed E-state index contributed by atoms with van der Waals surface area (Å²) < 4.78 is 23.4. The monoisotopic (exact) mass is 1930 g/mol. The zero-order chi connectivity index (χ0) is 98.2. The van der Waals surface area contributed by atoms with E-state index in [4.69, 9.17) is 13.3 Å². The highest BCUT2D eigenvalue weighted by atomic mass is 32.1. The standard InChI is InChI=1S/C43H29NO.C36H23NOS.C30H21NO.C30H21NS/c1-2-11-31(12-3-1)43(39-18-7-4-15-35(39)36-16-5-8-19-40(36)43)32-13-10-14-34(28-32)44-33-24-21-29(22-25-33)30-23-26-42-38(27-30)37-17-6-9-20-41(37)45-42;1-2-8-26(9-3-1)37-32-17-14-23(24-16-19-36-31(21-24)28-11-5-7-13-35(28)39-36)20-29(32)25-15-18-34-30(22-25)27-10-4-6-12-33(27)38-34;1-2-6-21(7-3-1)22-10-15-25(16-11-22)31-26-17-12-23(13-18-26)24-14-19-30-28(20-24)27-8-4-5-9-29(27)32-30;1-2-7-21(8-3-1)23-9-6-10-26(19-23)31-25-16-13-22(14-17-25)24-15-18-30-28(20-24)27-11-4-5-12-29(27)32-30/h1-28,44H;1-22,37H;2*1-20,31H. The fraction of sp³-hybridized carbons (Fsp3) is 0.00719. The van der Waals surface area contributed by atoms with E-state index in [1.54, 1.807) is 0 Å². The zero-order valence-electron chi connectivity index (χ0n) is 80.5. The molecular formula is C139H94N4O3S2. The predicted molar refractivity (Wildman–Crippen MR) is 628 cm³/mol. The van der Waals surface area contributed by atoms with E-state index in [1.807, 2.05) is 77.3 Å². The smallest absolute Gasteiger partial charge is 0.135 e. The second kappa shape index (κ2) is 39.1. The summed E-state index contributed by atoms with van der Waals surface area (Å²) in [6.07, 6.45) is 0. The molecular weight excluding hydrogens is 1840 g/mol. The van der Waals surface area contributed by atoms with Gasteiger partial charge in [0.25, 0.3) is 0 Å². The topological polar surface area (TPSA) is 87.5 Å². The molecule has 0 saturated heterocycles. The van der Waals surface area contributed by atoms with Gasteiger partial charge in [-0.1, -0.05) is 358 Å². The molecule has 0 amide bonds. The van der Waals surface area contributed by atoms with Crippen molar-refractivity contribution in [1.82, 2.24) is 0 Å². The minimum Gasteiger partial charge on any atom is -0.456 e. The van der Waals surface area contributed by atoms with Crippen LogP contribution in [-0.2, 0) is 5.41 Å². The van der Waals surface area contributed by atoms with E-state index in [0.717, 1.165) is 122 Å². The highest BCUT2D eigenvalue weighted by Gasteiger charge is 2.46. The highest BCUT2D eigenvalue weighted by Crippen LogP contribution is 2.57. The lowest BCUT2D eigenvalue weighted by molar-refractivity contribution is 0.668. The normalized spacial score (nSPS) is 11.8. The summed E-state index contributed by atoms with van der Waals surface area (Å²) in [5.41, 5.74) is 38.2. The van der Waals surface area contributed by atoms with Crippen LogP contribution in [0.15, 0.2) is 559 Å². The first kappa shape index (κ1) is 89.2. The molecule has 4 N–H and O–H groups in total. The number of fused-ring (bicyclic) bond motifs is 18. The van der Waals surface area contributed by atoms with Gasteiger partial charge in [-0.2, -0.15) is 0 Å². The Bertz CT molecular complexity index is 9730. The van der Waals surface area contributed by atoms with Crippen LogP contribution in [0.5, 0.6) is 0 Å². The van der Waals surface area contributed by atoms with Crippen LogP contribution in [0, 0.1) is 0 Å². The summed E-state index contributed by atoms with van der Waals surface area (Å²) in [6, 6.07) is 194. The van der Waals surface area contributed by atoms with Gasteiger partial charge in [0, 0.05) is 124 Å². The molecule has 5 heterocycles. The van der Waals surface area contributed by atoms with Gasteiger partial charge in [0.1, 0.15) is 33.5 Å². The average molecular weight is 1930 g/mol. The van der Waals surface area contributed by atoms with Gasteiger partial charge in [0.05, 0.1) is 5.41 Å². The third-order valence-electron chi connectivity index (χ3n) is 28.5. The van der Waals surface area contributed by atoms with Crippen LogP contribution in [0.1, 0.15) is 22.3 Å². The molecule has 0 aliphatic heterocycles. The van der Waals surface area contributed by atoms with Gasteiger partial charge in [-0.15, -0.1) is 22.7 Å². The molecule has 1 aliphatic rings. The second-order valence-electron chi connectivity index (χ2n) is 37.6. The number of hydrogen-bond acceptors (Lipinski definition) is 9. The van der Waals surface area contributed by atoms with Crippen molar-refractivity contribution in [3.05, 3.63) is 568 Å². The molecule has 0 atom stereocenters. The van der Waals surface area contributed by atoms with E-state index in [1.165, 1.54) is 140 Å². The summed E-state index contributed by atoms with van der Waals surface area (Å²) >= 11 is 3.71. The highest BCUT2D eigenvalue weighted by molar-refractivity contribution is 7.26. The Morgan fingerprint density at radius 1 is 0.149 bits per heavy atom. The van der Waals surface area contributed by atoms with E-state index in [0.29, 0.717) is 0 Å². The molecule has 700 valence electrons. The molecule has 148 heavy (non-hydrogen) atoms. The maximum Gasteiger partial charge on any atom is 0.135 e. The molecule has 0 fully saturated rings. The summed E-state index contributed by atoms with van der Waals surface area (Å²) in [4.78, 5) is 0. The minimum absolute atomic E-state index is 0.411. The van der Waals surface area contributed by atoms with Crippen LogP contribution in [-0.4, -0.2) is 0 Å². The fourth-order valence-electron chi connectivity index (χ4n) is 21.3. The maximum absolute atomic E-state index is 6.12. The van der Waals surface area contributed by atoms with E-state index in [2.05, 4.69) is 513 Å². The largest absolute Gasteiger partial charge is 0.456 e. The Morgan fingerprint density at radius 2 is 0.432 bits per heavy atom. The first-order chi connectivity index (χ1) is 73.2. The first-order valence-corrected chi connectivity index (χ1v) is 51.7. The molecule has 0 radical (unpaired) electrons. The van der Waals surface area contributed by atoms with Gasteiger partial charge >= 0.3 is 0 Å². The van der Waals surface area contributed by atoms with Crippen molar-refractivity contribution in [2.75, 3.05) is 21.3 Å². The van der Waals surface area contributed by atoms with Crippen LogP contribution >= 0.6 is 22.7 Å². The minimum atomic E-state index is -0.411. The summed E-state index contributed by atoms with van der Waals surface area (Å²) in [6.45, 7) is 0. The lowest BCUT2D eigenvalue weighted by Crippen LogP contribution is -2.28. The number of anilines is 8. The average Bonchev–Trinajstić information content (AvgIpc) is 1.53. The Balaban J connectivity index is 0.000000101. The van der Waals surface area contributed by atoms with Crippen molar-refractivity contribution in [2.45, 2.75) is 5.41 Å². The molecule has 9 heteroatoms. The lowest BCUT2D eigenvalue weighted by Gasteiger charge is -2.34. The number of para-hydroxylation sites is 4.